The van der Waals surface area contributed by atoms with Gasteiger partial charge in [0.15, 0.2) is 11.8 Å². The summed E-state index contributed by atoms with van der Waals surface area (Å²) in [6.45, 7) is 2.00. The Labute approximate surface area is 199 Å². The van der Waals surface area contributed by atoms with E-state index in [0.717, 1.165) is 68.4 Å². The van der Waals surface area contributed by atoms with Crippen LogP contribution in [0.4, 0.5) is 5.69 Å². The van der Waals surface area contributed by atoms with Crippen LogP contribution in [0.3, 0.4) is 0 Å². The topological polar surface area (TPSA) is 120 Å². The van der Waals surface area contributed by atoms with Gasteiger partial charge in [-0.2, -0.15) is 5.10 Å². The number of nitrogens with one attached hydrogen (secondary N) is 2. The number of guanidine groups is 1. The highest BCUT2D eigenvalue weighted by atomic mass is 127. The summed E-state index contributed by atoms with van der Waals surface area (Å²) in [5, 5.41) is 22.0. The van der Waals surface area contributed by atoms with Gasteiger partial charge in [0.2, 0.25) is 0 Å². The van der Waals surface area contributed by atoms with E-state index in [-0.39, 0.29) is 40.6 Å². The Bertz CT molecular complexity index is 870. The van der Waals surface area contributed by atoms with Crippen molar-refractivity contribution in [1.29, 1.82) is 0 Å². The van der Waals surface area contributed by atoms with E-state index in [1.807, 2.05) is 16.8 Å². The van der Waals surface area contributed by atoms with Crippen LogP contribution >= 0.6 is 24.0 Å². The van der Waals surface area contributed by atoms with Gasteiger partial charge in [-0.05, 0) is 31.2 Å². The lowest BCUT2D eigenvalue weighted by Crippen LogP contribution is -2.47. The van der Waals surface area contributed by atoms with E-state index in [1.165, 1.54) is 0 Å². The second kappa shape index (κ2) is 12.5. The number of non-ortho nitro benzene ring substituents is 1. The van der Waals surface area contributed by atoms with Crippen molar-refractivity contribution in [1.82, 2.24) is 25.4 Å². The molecule has 3 rings (SSSR count). The summed E-state index contributed by atoms with van der Waals surface area (Å²) in [6.07, 6.45) is 4.73. The number of rotatable bonds is 9. The highest BCUT2D eigenvalue weighted by Gasteiger charge is 2.22. The van der Waals surface area contributed by atoms with E-state index in [2.05, 4.69) is 25.7 Å². The van der Waals surface area contributed by atoms with E-state index in [9.17, 15) is 10.1 Å². The number of hydrogen-bond acceptors (Lipinski definition) is 6. The van der Waals surface area contributed by atoms with E-state index >= 15 is 0 Å². The van der Waals surface area contributed by atoms with Gasteiger partial charge in [-0.1, -0.05) is 12.1 Å². The number of ether oxygens (including phenoxy) is 1. The van der Waals surface area contributed by atoms with Gasteiger partial charge in [-0.15, -0.1) is 24.0 Å². The molecular formula is C20H30IN7O3. The van der Waals surface area contributed by atoms with Gasteiger partial charge in [-0.3, -0.25) is 15.1 Å². The van der Waals surface area contributed by atoms with Crippen LogP contribution in [-0.4, -0.2) is 52.4 Å². The molecule has 0 saturated heterocycles. The predicted octanol–water partition coefficient (Wildman–Crippen LogP) is 2.45. The Balaban J connectivity index is 0.00000341. The number of aromatic nitrogens is 3. The predicted molar refractivity (Wildman–Crippen MR) is 129 cm³/mol. The molecule has 0 aliphatic carbocycles. The Morgan fingerprint density at radius 3 is 2.81 bits per heavy atom. The molecule has 11 heteroatoms. The molecule has 0 radical (unpaired) electrons. The van der Waals surface area contributed by atoms with Gasteiger partial charge in [0.05, 0.1) is 11.5 Å². The summed E-state index contributed by atoms with van der Waals surface area (Å²) < 4.78 is 7.06. The van der Waals surface area contributed by atoms with E-state index in [1.54, 1.807) is 26.3 Å². The molecule has 31 heavy (non-hydrogen) atoms. The fourth-order valence-corrected chi connectivity index (χ4v) is 3.50. The highest BCUT2D eigenvalue weighted by Crippen LogP contribution is 2.14. The molecule has 1 atom stereocenters. The van der Waals surface area contributed by atoms with Crippen molar-refractivity contribution in [3.05, 3.63) is 51.6 Å². The van der Waals surface area contributed by atoms with Crippen LogP contribution in [0.5, 0.6) is 0 Å². The second-order valence-corrected chi connectivity index (χ2v) is 7.32. The SMILES string of the molecule is CN=C(NCCCCc1ccc([N+](=O)[O-])cc1)NC1CCc2nc(COC)nn2C1.I. The molecular weight excluding hydrogens is 513 g/mol. The number of nitrogens with zero attached hydrogens (tertiary/aromatic N) is 5. The Kier molecular flexibility index (Phi) is 10.1. The maximum Gasteiger partial charge on any atom is 0.269 e. The molecule has 2 N–H and O–H groups in total. The molecule has 10 nitrogen and oxygen atoms in total. The third-order valence-corrected chi connectivity index (χ3v) is 5.07. The second-order valence-electron chi connectivity index (χ2n) is 7.32. The number of aryl methyl sites for hydroxylation is 2. The molecule has 1 unspecified atom stereocenters. The van der Waals surface area contributed by atoms with Crippen LogP contribution < -0.4 is 10.6 Å². The van der Waals surface area contributed by atoms with E-state index in [0.29, 0.717) is 6.61 Å². The zero-order valence-corrected chi connectivity index (χ0v) is 20.2. The Hall–Kier alpha value is -2.28. The zero-order valence-electron chi connectivity index (χ0n) is 17.9. The van der Waals surface area contributed by atoms with E-state index in [4.69, 9.17) is 4.74 Å². The van der Waals surface area contributed by atoms with Gasteiger partial charge in [0.1, 0.15) is 12.4 Å². The molecule has 2 aromatic rings. The standard InChI is InChI=1S/C20H29N7O3.HI/c1-21-20(22-12-4-3-5-15-6-9-17(10-7-15)27(28)29)23-16-8-11-19-24-18(14-30-2)25-26(19)13-16;/h6-7,9-10,16H,3-5,8,11-14H2,1-2H3,(H2,21,22,23);1H. The number of fused-ring (bicyclic) bond motifs is 1. The molecule has 0 amide bonds. The van der Waals surface area contributed by atoms with Crippen molar-refractivity contribution in [3.8, 4) is 0 Å². The maximum absolute atomic E-state index is 10.7. The molecule has 170 valence electrons. The van der Waals surface area contributed by atoms with E-state index < -0.39 is 0 Å². The van der Waals surface area contributed by atoms with Crippen molar-refractivity contribution >= 4 is 35.6 Å². The fourth-order valence-electron chi connectivity index (χ4n) is 3.50. The number of methoxy groups -OCH3 is 1. The lowest BCUT2D eigenvalue weighted by atomic mass is 10.1. The number of nitro groups is 1. The number of unbranched alkanes of at least 4 members (excludes halogenated alkanes) is 1. The first-order valence-corrected chi connectivity index (χ1v) is 10.2. The minimum atomic E-state index is -0.374. The molecule has 0 spiro atoms. The number of halogens is 1. The third kappa shape index (κ3) is 7.42. The van der Waals surface area contributed by atoms with Gasteiger partial charge < -0.3 is 15.4 Å². The molecule has 0 saturated carbocycles. The van der Waals surface area contributed by atoms with Crippen LogP contribution in [-0.2, 0) is 30.7 Å². The first kappa shape index (κ1) is 25.0. The quantitative estimate of drug-likeness (QED) is 0.125. The first-order valence-electron chi connectivity index (χ1n) is 10.2. The summed E-state index contributed by atoms with van der Waals surface area (Å²) in [4.78, 5) is 19.2. The smallest absolute Gasteiger partial charge is 0.269 e. The fraction of sp³-hybridized carbons (Fsp3) is 0.550. The van der Waals surface area contributed by atoms with Gasteiger partial charge in [0.25, 0.3) is 5.69 Å². The van der Waals surface area contributed by atoms with Crippen molar-refractivity contribution in [3.63, 3.8) is 0 Å². The summed E-state index contributed by atoms with van der Waals surface area (Å²) >= 11 is 0. The minimum Gasteiger partial charge on any atom is -0.377 e. The lowest BCUT2D eigenvalue weighted by Gasteiger charge is -2.25. The molecule has 2 heterocycles. The van der Waals surface area contributed by atoms with Crippen LogP contribution in [0, 0.1) is 10.1 Å². The number of benzene rings is 1. The molecule has 0 fully saturated rings. The van der Waals surface area contributed by atoms with Crippen molar-refractivity contribution in [2.45, 2.75) is 51.3 Å². The Morgan fingerprint density at radius 1 is 1.35 bits per heavy atom. The summed E-state index contributed by atoms with van der Waals surface area (Å²) in [5.41, 5.74) is 1.24. The molecule has 1 aromatic heterocycles. The lowest BCUT2D eigenvalue weighted by molar-refractivity contribution is -0.384. The van der Waals surface area contributed by atoms with Gasteiger partial charge in [0, 0.05) is 45.3 Å². The molecule has 0 bridgehead atoms. The minimum absolute atomic E-state index is 0. The number of aliphatic imine (C=N–C) groups is 1. The summed E-state index contributed by atoms with van der Waals surface area (Å²) in [6, 6.07) is 7.02. The average Bonchev–Trinajstić information content (AvgIpc) is 3.15. The number of nitro benzene ring substituents is 1. The summed E-state index contributed by atoms with van der Waals surface area (Å²) in [7, 11) is 3.42. The third-order valence-electron chi connectivity index (χ3n) is 5.07. The van der Waals surface area contributed by atoms with Crippen molar-refractivity contribution in [2.75, 3.05) is 20.7 Å². The van der Waals surface area contributed by atoms with Gasteiger partial charge >= 0.3 is 0 Å². The normalized spacial score (nSPS) is 15.7. The highest BCUT2D eigenvalue weighted by molar-refractivity contribution is 14.0. The average molecular weight is 543 g/mol. The maximum atomic E-state index is 10.7. The largest absolute Gasteiger partial charge is 0.377 e. The summed E-state index contributed by atoms with van der Waals surface area (Å²) in [5.74, 6) is 2.52. The van der Waals surface area contributed by atoms with Gasteiger partial charge in [-0.25, -0.2) is 9.67 Å². The molecule has 1 aromatic carbocycles. The van der Waals surface area contributed by atoms with Crippen LogP contribution in [0.15, 0.2) is 29.3 Å². The van der Waals surface area contributed by atoms with Crippen molar-refractivity contribution < 1.29 is 9.66 Å². The van der Waals surface area contributed by atoms with Crippen LogP contribution in [0.2, 0.25) is 0 Å². The van der Waals surface area contributed by atoms with Crippen LogP contribution in [0.25, 0.3) is 0 Å². The van der Waals surface area contributed by atoms with Crippen LogP contribution in [0.1, 0.15) is 36.5 Å². The monoisotopic (exact) mass is 543 g/mol. The molecule has 1 aliphatic rings. The first-order chi connectivity index (χ1) is 14.6. The van der Waals surface area contributed by atoms with Crippen molar-refractivity contribution in [2.24, 2.45) is 4.99 Å². The zero-order chi connectivity index (χ0) is 21.3. The molecule has 1 aliphatic heterocycles. The number of hydrogen-bond donors (Lipinski definition) is 2. The Morgan fingerprint density at radius 2 is 2.13 bits per heavy atom.